The van der Waals surface area contributed by atoms with Crippen molar-refractivity contribution in [2.75, 3.05) is 27.2 Å². The van der Waals surface area contributed by atoms with Crippen molar-refractivity contribution in [1.82, 2.24) is 15.1 Å². The van der Waals surface area contributed by atoms with Gasteiger partial charge in [0.05, 0.1) is 5.54 Å². The van der Waals surface area contributed by atoms with Gasteiger partial charge >= 0.3 is 0 Å². The summed E-state index contributed by atoms with van der Waals surface area (Å²) in [5, 5.41) is 3.07. The van der Waals surface area contributed by atoms with Crippen molar-refractivity contribution >= 4 is 5.91 Å². The van der Waals surface area contributed by atoms with Crippen molar-refractivity contribution in [2.45, 2.75) is 45.3 Å². The van der Waals surface area contributed by atoms with Crippen LogP contribution in [0.4, 0.5) is 0 Å². The van der Waals surface area contributed by atoms with Gasteiger partial charge in [-0.1, -0.05) is 0 Å². The van der Waals surface area contributed by atoms with E-state index in [2.05, 4.69) is 31.1 Å². The number of rotatable bonds is 2. The Labute approximate surface area is 99.0 Å². The van der Waals surface area contributed by atoms with E-state index in [1.165, 1.54) is 0 Å². The molecule has 2 atom stereocenters. The van der Waals surface area contributed by atoms with Crippen LogP contribution in [-0.2, 0) is 4.79 Å². The Morgan fingerprint density at radius 3 is 2.06 bits per heavy atom. The zero-order valence-corrected chi connectivity index (χ0v) is 11.4. The number of carbonyl (C=O) groups excluding carboxylic acids is 1. The van der Waals surface area contributed by atoms with Crippen LogP contribution in [0.15, 0.2) is 0 Å². The van der Waals surface area contributed by atoms with E-state index in [0.29, 0.717) is 12.1 Å². The number of piperazine rings is 1. The first-order valence-electron chi connectivity index (χ1n) is 5.99. The van der Waals surface area contributed by atoms with Crippen molar-refractivity contribution in [3.8, 4) is 0 Å². The lowest BCUT2D eigenvalue weighted by molar-refractivity contribution is -0.140. The number of carbonyl (C=O) groups is 1. The van der Waals surface area contributed by atoms with Gasteiger partial charge in [-0.25, -0.2) is 0 Å². The van der Waals surface area contributed by atoms with Gasteiger partial charge in [-0.2, -0.15) is 0 Å². The second-order valence-corrected chi connectivity index (χ2v) is 5.45. The van der Waals surface area contributed by atoms with E-state index in [4.69, 9.17) is 0 Å². The van der Waals surface area contributed by atoms with Gasteiger partial charge in [0.2, 0.25) is 5.91 Å². The number of nitrogens with zero attached hydrogens (tertiary/aromatic N) is 2. The highest BCUT2D eigenvalue weighted by Crippen LogP contribution is 2.17. The summed E-state index contributed by atoms with van der Waals surface area (Å²) in [5.41, 5.74) is -0.463. The Kier molecular flexibility index (Phi) is 3.97. The molecule has 1 aliphatic rings. The summed E-state index contributed by atoms with van der Waals surface area (Å²) in [5.74, 6) is 0.196. The molecule has 2 unspecified atom stereocenters. The lowest BCUT2D eigenvalue weighted by Gasteiger charge is -2.44. The Morgan fingerprint density at radius 1 is 1.25 bits per heavy atom. The van der Waals surface area contributed by atoms with Crippen LogP contribution in [0.25, 0.3) is 0 Å². The first-order chi connectivity index (χ1) is 7.29. The molecule has 1 heterocycles. The largest absolute Gasteiger partial charge is 0.338 e. The fourth-order valence-electron chi connectivity index (χ4n) is 2.07. The molecule has 4 nitrogen and oxygen atoms in total. The average molecular weight is 227 g/mol. The Hall–Kier alpha value is -0.610. The third kappa shape index (κ3) is 2.55. The molecule has 1 N–H and O–H groups in total. The molecule has 4 heteroatoms. The molecule has 0 aromatic heterocycles. The molecule has 1 amide bonds. The number of hydrogen-bond donors (Lipinski definition) is 1. The lowest BCUT2D eigenvalue weighted by Crippen LogP contribution is -2.61. The minimum Gasteiger partial charge on any atom is -0.338 e. The third-order valence-electron chi connectivity index (χ3n) is 3.81. The molecule has 94 valence electrons. The maximum absolute atomic E-state index is 12.3. The molecule has 1 saturated heterocycles. The highest BCUT2D eigenvalue weighted by Gasteiger charge is 2.35. The first-order valence-corrected chi connectivity index (χ1v) is 5.99. The van der Waals surface area contributed by atoms with Gasteiger partial charge in [-0.15, -0.1) is 0 Å². The molecule has 0 aliphatic carbocycles. The van der Waals surface area contributed by atoms with E-state index in [0.717, 1.165) is 13.1 Å². The van der Waals surface area contributed by atoms with Crippen molar-refractivity contribution in [2.24, 2.45) is 0 Å². The molecule has 0 spiro atoms. The standard InChI is InChI=1S/C12H25N3O/c1-9-7-15(8-10(2)14(9)6)11(16)12(3,4)13-5/h9-10,13H,7-8H2,1-6H3. The van der Waals surface area contributed by atoms with Gasteiger partial charge in [-0.05, 0) is 41.8 Å². The lowest BCUT2D eigenvalue weighted by atomic mass is 10.0. The zero-order valence-electron chi connectivity index (χ0n) is 11.4. The van der Waals surface area contributed by atoms with Gasteiger partial charge in [0, 0.05) is 25.2 Å². The number of likely N-dealkylation sites (N-methyl/N-ethyl adjacent to an activating group) is 2. The normalized spacial score (nSPS) is 28.2. The minimum absolute atomic E-state index is 0.196. The highest BCUT2D eigenvalue weighted by atomic mass is 16.2. The van der Waals surface area contributed by atoms with E-state index in [1.54, 1.807) is 0 Å². The topological polar surface area (TPSA) is 35.6 Å². The summed E-state index contributed by atoms with van der Waals surface area (Å²) in [6, 6.07) is 0.862. The second-order valence-electron chi connectivity index (χ2n) is 5.45. The summed E-state index contributed by atoms with van der Waals surface area (Å²) in [6.07, 6.45) is 0. The number of amides is 1. The molecule has 1 aliphatic heterocycles. The van der Waals surface area contributed by atoms with E-state index < -0.39 is 5.54 Å². The van der Waals surface area contributed by atoms with Crippen LogP contribution in [-0.4, -0.2) is 60.5 Å². The Balaban J connectivity index is 2.72. The number of nitrogens with one attached hydrogen (secondary N) is 1. The van der Waals surface area contributed by atoms with Crippen LogP contribution < -0.4 is 5.32 Å². The van der Waals surface area contributed by atoms with E-state index in [1.807, 2.05) is 25.8 Å². The average Bonchev–Trinajstić information content (AvgIpc) is 2.24. The maximum Gasteiger partial charge on any atom is 0.242 e. The number of hydrogen-bond acceptors (Lipinski definition) is 3. The predicted octanol–water partition coefficient (Wildman–Crippen LogP) is 0.535. The molecule has 1 fully saturated rings. The SMILES string of the molecule is CNC(C)(C)C(=O)N1CC(C)N(C)C(C)C1. The van der Waals surface area contributed by atoms with Crippen molar-refractivity contribution in [3.63, 3.8) is 0 Å². The minimum atomic E-state index is -0.463. The maximum atomic E-state index is 12.3. The van der Waals surface area contributed by atoms with E-state index in [-0.39, 0.29) is 5.91 Å². The zero-order chi connectivity index (χ0) is 12.5. The molecular formula is C12H25N3O. The summed E-state index contributed by atoms with van der Waals surface area (Å²) in [7, 11) is 3.96. The van der Waals surface area contributed by atoms with Crippen LogP contribution in [0.2, 0.25) is 0 Å². The molecular weight excluding hydrogens is 202 g/mol. The quantitative estimate of drug-likeness (QED) is 0.748. The summed E-state index contributed by atoms with van der Waals surface area (Å²) < 4.78 is 0. The van der Waals surface area contributed by atoms with Crippen molar-refractivity contribution in [3.05, 3.63) is 0 Å². The van der Waals surface area contributed by atoms with E-state index in [9.17, 15) is 4.79 Å². The van der Waals surface area contributed by atoms with E-state index >= 15 is 0 Å². The fraction of sp³-hybridized carbons (Fsp3) is 0.917. The van der Waals surface area contributed by atoms with Crippen molar-refractivity contribution < 1.29 is 4.79 Å². The van der Waals surface area contributed by atoms with Crippen LogP contribution >= 0.6 is 0 Å². The molecule has 1 rings (SSSR count). The highest BCUT2D eigenvalue weighted by molar-refractivity contribution is 5.85. The van der Waals surface area contributed by atoms with Gasteiger partial charge in [0.25, 0.3) is 0 Å². The fourth-order valence-corrected chi connectivity index (χ4v) is 2.07. The monoisotopic (exact) mass is 227 g/mol. The molecule has 0 aromatic rings. The third-order valence-corrected chi connectivity index (χ3v) is 3.81. The molecule has 0 bridgehead atoms. The van der Waals surface area contributed by atoms with Gasteiger partial charge in [0.1, 0.15) is 0 Å². The van der Waals surface area contributed by atoms with Crippen molar-refractivity contribution in [1.29, 1.82) is 0 Å². The molecule has 16 heavy (non-hydrogen) atoms. The Morgan fingerprint density at radius 2 is 1.69 bits per heavy atom. The predicted molar refractivity (Wildman–Crippen MR) is 66.4 cm³/mol. The van der Waals surface area contributed by atoms with Gasteiger partial charge in [0.15, 0.2) is 0 Å². The second kappa shape index (κ2) is 4.72. The smallest absolute Gasteiger partial charge is 0.242 e. The van der Waals surface area contributed by atoms with Crippen LogP contribution in [0.3, 0.4) is 0 Å². The van der Waals surface area contributed by atoms with Crippen LogP contribution in [0.5, 0.6) is 0 Å². The summed E-state index contributed by atoms with van der Waals surface area (Å²) >= 11 is 0. The Bertz CT molecular complexity index is 253. The van der Waals surface area contributed by atoms with Crippen LogP contribution in [0, 0.1) is 0 Å². The van der Waals surface area contributed by atoms with Gasteiger partial charge in [-0.3, -0.25) is 9.69 Å². The van der Waals surface area contributed by atoms with Gasteiger partial charge < -0.3 is 10.2 Å². The summed E-state index contributed by atoms with van der Waals surface area (Å²) in [6.45, 7) is 9.85. The molecule has 0 radical (unpaired) electrons. The summed E-state index contributed by atoms with van der Waals surface area (Å²) in [4.78, 5) is 16.6. The molecule has 0 saturated carbocycles. The molecule has 0 aromatic carbocycles. The first kappa shape index (κ1) is 13.5. The van der Waals surface area contributed by atoms with Crippen LogP contribution in [0.1, 0.15) is 27.7 Å².